The van der Waals surface area contributed by atoms with Crippen molar-refractivity contribution >= 4 is 40.5 Å². The fourth-order valence-corrected chi connectivity index (χ4v) is 1.80. The summed E-state index contributed by atoms with van der Waals surface area (Å²) in [7, 11) is 1.31. The maximum Gasteiger partial charge on any atom is 0.327 e. The Labute approximate surface area is 104 Å². The third-order valence-corrected chi connectivity index (χ3v) is 2.58. The Kier molecular flexibility index (Phi) is 4.26. The predicted molar refractivity (Wildman–Crippen MR) is 66.0 cm³/mol. The number of nitrogens with two attached hydrogens (primary N) is 1. The largest absolute Gasteiger partial charge is 0.467 e. The Bertz CT molecular complexity index is 387. The summed E-state index contributed by atoms with van der Waals surface area (Å²) in [6.45, 7) is 1.65. The van der Waals surface area contributed by atoms with Gasteiger partial charge in [0.2, 0.25) is 0 Å². The fourth-order valence-electron chi connectivity index (χ4n) is 1.18. The van der Waals surface area contributed by atoms with Gasteiger partial charge in [-0.25, -0.2) is 4.79 Å². The Morgan fingerprint density at radius 2 is 1.94 bits per heavy atom. The van der Waals surface area contributed by atoms with Crippen molar-refractivity contribution in [3.8, 4) is 0 Å². The summed E-state index contributed by atoms with van der Waals surface area (Å²) < 4.78 is 4.58. The first kappa shape index (κ1) is 12.9. The topological polar surface area (TPSA) is 64.3 Å². The molecule has 88 valence electrons. The molecule has 0 radical (unpaired) electrons. The SMILES string of the molecule is COC(=O)C(C)Nc1c(Cl)cc(N)cc1Cl. The van der Waals surface area contributed by atoms with Gasteiger partial charge in [-0.1, -0.05) is 23.2 Å². The van der Waals surface area contributed by atoms with Crippen LogP contribution in [0, 0.1) is 0 Å². The summed E-state index contributed by atoms with van der Waals surface area (Å²) in [5.41, 5.74) is 6.49. The van der Waals surface area contributed by atoms with E-state index in [1.807, 2.05) is 0 Å². The number of carbonyl (C=O) groups is 1. The van der Waals surface area contributed by atoms with Crippen molar-refractivity contribution in [2.24, 2.45) is 0 Å². The first-order valence-electron chi connectivity index (χ1n) is 4.54. The highest BCUT2D eigenvalue weighted by Gasteiger charge is 2.16. The Morgan fingerprint density at radius 3 is 2.38 bits per heavy atom. The average Bonchev–Trinajstić information content (AvgIpc) is 2.21. The lowest BCUT2D eigenvalue weighted by Crippen LogP contribution is -2.27. The maximum absolute atomic E-state index is 11.2. The fraction of sp³-hybridized carbons (Fsp3) is 0.300. The van der Waals surface area contributed by atoms with E-state index in [-0.39, 0.29) is 0 Å². The molecule has 0 saturated heterocycles. The molecule has 4 nitrogen and oxygen atoms in total. The number of rotatable bonds is 3. The van der Waals surface area contributed by atoms with E-state index < -0.39 is 12.0 Å². The summed E-state index contributed by atoms with van der Waals surface area (Å²) >= 11 is 11.9. The Morgan fingerprint density at radius 1 is 1.44 bits per heavy atom. The summed E-state index contributed by atoms with van der Waals surface area (Å²) in [6.07, 6.45) is 0. The molecular weight excluding hydrogens is 251 g/mol. The highest BCUT2D eigenvalue weighted by Crippen LogP contribution is 2.33. The first-order chi connectivity index (χ1) is 7.45. The first-order valence-corrected chi connectivity index (χ1v) is 5.30. The molecule has 6 heteroatoms. The minimum atomic E-state index is -0.538. The van der Waals surface area contributed by atoms with E-state index in [0.29, 0.717) is 21.4 Å². The van der Waals surface area contributed by atoms with Crippen LogP contribution in [0.4, 0.5) is 11.4 Å². The van der Waals surface area contributed by atoms with Crippen LogP contribution in [-0.2, 0) is 9.53 Å². The van der Waals surface area contributed by atoms with Crippen LogP contribution in [0.15, 0.2) is 12.1 Å². The van der Waals surface area contributed by atoms with Crippen molar-refractivity contribution in [1.82, 2.24) is 0 Å². The van der Waals surface area contributed by atoms with E-state index in [4.69, 9.17) is 28.9 Å². The molecule has 0 spiro atoms. The number of esters is 1. The normalized spacial score (nSPS) is 12.0. The van der Waals surface area contributed by atoms with Gasteiger partial charge in [-0.2, -0.15) is 0 Å². The summed E-state index contributed by atoms with van der Waals surface area (Å²) in [4.78, 5) is 11.2. The summed E-state index contributed by atoms with van der Waals surface area (Å²) in [5, 5.41) is 3.59. The van der Waals surface area contributed by atoms with Crippen molar-refractivity contribution in [2.45, 2.75) is 13.0 Å². The zero-order chi connectivity index (χ0) is 12.3. The van der Waals surface area contributed by atoms with Crippen molar-refractivity contribution in [3.63, 3.8) is 0 Å². The molecule has 1 aromatic rings. The predicted octanol–water partition coefficient (Wildman–Crippen LogP) is 2.55. The van der Waals surface area contributed by atoms with Crippen molar-refractivity contribution < 1.29 is 9.53 Å². The number of nitrogen functional groups attached to an aromatic ring is 1. The lowest BCUT2D eigenvalue weighted by atomic mass is 10.2. The number of benzene rings is 1. The van der Waals surface area contributed by atoms with Crippen LogP contribution in [-0.4, -0.2) is 19.1 Å². The number of hydrogen-bond donors (Lipinski definition) is 2. The number of carbonyl (C=O) groups excluding carboxylic acids is 1. The van der Waals surface area contributed by atoms with Crippen LogP contribution >= 0.6 is 23.2 Å². The van der Waals surface area contributed by atoms with Gasteiger partial charge in [-0.15, -0.1) is 0 Å². The number of ether oxygens (including phenoxy) is 1. The highest BCUT2D eigenvalue weighted by atomic mass is 35.5. The minimum absolute atomic E-state index is 0.362. The van der Waals surface area contributed by atoms with Gasteiger partial charge in [0.15, 0.2) is 0 Å². The lowest BCUT2D eigenvalue weighted by Gasteiger charge is -2.15. The molecule has 0 fully saturated rings. The number of halogens is 2. The van der Waals surface area contributed by atoms with Crippen molar-refractivity contribution in [2.75, 3.05) is 18.2 Å². The second-order valence-corrected chi connectivity index (χ2v) is 4.06. The zero-order valence-electron chi connectivity index (χ0n) is 8.88. The molecule has 0 heterocycles. The minimum Gasteiger partial charge on any atom is -0.467 e. The molecule has 0 aliphatic carbocycles. The van der Waals surface area contributed by atoms with Crippen LogP contribution in [0.1, 0.15) is 6.92 Å². The summed E-state index contributed by atoms with van der Waals surface area (Å²) in [6, 6.07) is 2.57. The van der Waals surface area contributed by atoms with Crippen LogP contribution in [0.25, 0.3) is 0 Å². The molecule has 0 amide bonds. The van der Waals surface area contributed by atoms with Gasteiger partial charge in [0, 0.05) is 5.69 Å². The second-order valence-electron chi connectivity index (χ2n) is 3.25. The highest BCUT2D eigenvalue weighted by molar-refractivity contribution is 6.39. The van der Waals surface area contributed by atoms with Gasteiger partial charge in [0.25, 0.3) is 0 Å². The molecule has 0 saturated carbocycles. The van der Waals surface area contributed by atoms with Gasteiger partial charge >= 0.3 is 5.97 Å². The zero-order valence-corrected chi connectivity index (χ0v) is 10.4. The average molecular weight is 263 g/mol. The van der Waals surface area contributed by atoms with E-state index in [1.165, 1.54) is 7.11 Å². The summed E-state index contributed by atoms with van der Waals surface area (Å²) in [5.74, 6) is -0.399. The maximum atomic E-state index is 11.2. The number of methoxy groups -OCH3 is 1. The van der Waals surface area contributed by atoms with Gasteiger partial charge in [0.05, 0.1) is 22.8 Å². The lowest BCUT2D eigenvalue weighted by molar-refractivity contribution is -0.141. The molecule has 0 bridgehead atoms. The quantitative estimate of drug-likeness (QED) is 0.649. The van der Waals surface area contributed by atoms with E-state index in [9.17, 15) is 4.79 Å². The van der Waals surface area contributed by atoms with Crippen LogP contribution in [0.3, 0.4) is 0 Å². The van der Waals surface area contributed by atoms with Crippen molar-refractivity contribution in [1.29, 1.82) is 0 Å². The molecule has 1 atom stereocenters. The molecule has 3 N–H and O–H groups in total. The molecule has 1 aromatic carbocycles. The van der Waals surface area contributed by atoms with Gasteiger partial charge in [-0.3, -0.25) is 0 Å². The van der Waals surface area contributed by atoms with Crippen LogP contribution in [0.2, 0.25) is 10.0 Å². The van der Waals surface area contributed by atoms with Crippen molar-refractivity contribution in [3.05, 3.63) is 22.2 Å². The van der Waals surface area contributed by atoms with E-state index >= 15 is 0 Å². The Hall–Kier alpha value is -1.13. The third kappa shape index (κ3) is 2.93. The number of hydrogen-bond acceptors (Lipinski definition) is 4. The second kappa shape index (κ2) is 5.27. The van der Waals surface area contributed by atoms with E-state index in [1.54, 1.807) is 19.1 Å². The molecular formula is C10H12Cl2N2O2. The third-order valence-electron chi connectivity index (χ3n) is 1.98. The standard InChI is InChI=1S/C10H12Cl2N2O2/c1-5(10(15)16-2)14-9-7(11)3-6(13)4-8(9)12/h3-5,14H,13H2,1-2H3. The number of anilines is 2. The molecule has 16 heavy (non-hydrogen) atoms. The number of nitrogens with one attached hydrogen (secondary N) is 1. The van der Waals surface area contributed by atoms with Gasteiger partial charge in [0.1, 0.15) is 6.04 Å². The molecule has 1 rings (SSSR count). The molecule has 0 aliphatic rings. The van der Waals surface area contributed by atoms with Gasteiger partial charge in [-0.05, 0) is 19.1 Å². The monoisotopic (exact) mass is 262 g/mol. The van der Waals surface area contributed by atoms with Crippen LogP contribution in [0.5, 0.6) is 0 Å². The van der Waals surface area contributed by atoms with Crippen LogP contribution < -0.4 is 11.1 Å². The molecule has 0 aliphatic heterocycles. The van der Waals surface area contributed by atoms with Gasteiger partial charge < -0.3 is 15.8 Å². The smallest absolute Gasteiger partial charge is 0.327 e. The molecule has 0 aromatic heterocycles. The van der Waals surface area contributed by atoms with E-state index in [0.717, 1.165) is 0 Å². The Balaban J connectivity index is 2.93. The van der Waals surface area contributed by atoms with E-state index in [2.05, 4.69) is 10.1 Å². The molecule has 1 unspecified atom stereocenters.